The quantitative estimate of drug-likeness (QED) is 0.550. The zero-order valence-corrected chi connectivity index (χ0v) is 19.0. The maximum absolute atomic E-state index is 14.0. The summed E-state index contributed by atoms with van der Waals surface area (Å²) in [6, 6.07) is 8.27. The Bertz CT molecular complexity index is 1300. The number of rotatable bonds is 6. The largest absolute Gasteiger partial charge is 0.493 e. The van der Waals surface area contributed by atoms with Crippen molar-refractivity contribution in [2.75, 3.05) is 53.6 Å². The van der Waals surface area contributed by atoms with Gasteiger partial charge in [-0.25, -0.2) is 4.39 Å². The first-order valence-electron chi connectivity index (χ1n) is 11.1. The fraction of sp³-hybridized carbons (Fsp3) is 0.360. The van der Waals surface area contributed by atoms with Crippen LogP contribution in [0.15, 0.2) is 45.6 Å². The van der Waals surface area contributed by atoms with Crippen molar-refractivity contribution >= 4 is 16.9 Å². The molecule has 5 rings (SSSR count). The molecule has 1 saturated heterocycles. The zero-order chi connectivity index (χ0) is 23.8. The molecule has 2 aromatic carbocycles. The number of fused-ring (bicyclic) bond motifs is 2. The van der Waals surface area contributed by atoms with E-state index in [0.29, 0.717) is 43.4 Å². The summed E-state index contributed by atoms with van der Waals surface area (Å²) in [6.45, 7) is 3.77. The molecule has 0 aliphatic carbocycles. The number of para-hydroxylation sites is 1. The van der Waals surface area contributed by atoms with E-state index in [-0.39, 0.29) is 28.2 Å². The number of methoxy groups -OCH3 is 2. The van der Waals surface area contributed by atoms with Gasteiger partial charge in [-0.15, -0.1) is 0 Å². The van der Waals surface area contributed by atoms with Crippen LogP contribution in [0.5, 0.6) is 11.5 Å². The highest BCUT2D eigenvalue weighted by atomic mass is 19.1. The smallest absolute Gasteiger partial charge is 0.290 e. The topological polar surface area (TPSA) is 81.5 Å². The van der Waals surface area contributed by atoms with E-state index >= 15 is 0 Å². The summed E-state index contributed by atoms with van der Waals surface area (Å²) in [6.07, 6.45) is 0. The molecule has 3 heterocycles. The summed E-state index contributed by atoms with van der Waals surface area (Å²) in [5.41, 5.74) is 0.508. The van der Waals surface area contributed by atoms with Gasteiger partial charge in [0.1, 0.15) is 11.4 Å². The Kier molecular flexibility index (Phi) is 5.97. The highest BCUT2D eigenvalue weighted by Crippen LogP contribution is 2.44. The monoisotopic (exact) mass is 468 g/mol. The number of nitrogens with zero attached hydrogens (tertiary/aromatic N) is 2. The maximum atomic E-state index is 14.0. The summed E-state index contributed by atoms with van der Waals surface area (Å²) in [7, 11) is 3.03. The van der Waals surface area contributed by atoms with E-state index < -0.39 is 17.3 Å². The fourth-order valence-corrected chi connectivity index (χ4v) is 4.75. The minimum atomic E-state index is -0.766. The van der Waals surface area contributed by atoms with Crippen molar-refractivity contribution < 1.29 is 27.8 Å². The standard InChI is InChI=1S/C25H25FN2O6/c1-31-19-5-3-4-16(23(19)32-2)21-20-22(29)17-14-15(26)6-7-18(17)34-24(20)25(30)28(21)9-8-27-10-12-33-13-11-27/h3-7,14,21H,8-13H2,1-2H3/t21-/m1/s1. The third-order valence-electron chi connectivity index (χ3n) is 6.42. The van der Waals surface area contributed by atoms with Crippen molar-refractivity contribution in [3.05, 3.63) is 69.3 Å². The molecule has 1 fully saturated rings. The van der Waals surface area contributed by atoms with E-state index in [2.05, 4.69) is 4.90 Å². The Balaban J connectivity index is 1.67. The van der Waals surface area contributed by atoms with Crippen LogP contribution in [0.3, 0.4) is 0 Å². The molecule has 0 bridgehead atoms. The molecule has 0 spiro atoms. The van der Waals surface area contributed by atoms with Gasteiger partial charge < -0.3 is 23.5 Å². The van der Waals surface area contributed by atoms with E-state index in [0.717, 1.165) is 19.2 Å². The lowest BCUT2D eigenvalue weighted by Gasteiger charge is -2.31. The number of amides is 1. The zero-order valence-electron chi connectivity index (χ0n) is 19.0. The second kappa shape index (κ2) is 9.08. The van der Waals surface area contributed by atoms with Crippen LogP contribution in [0.2, 0.25) is 0 Å². The maximum Gasteiger partial charge on any atom is 0.290 e. The Labute approximate surface area is 195 Å². The Morgan fingerprint density at radius 1 is 1.06 bits per heavy atom. The van der Waals surface area contributed by atoms with Gasteiger partial charge in [-0.1, -0.05) is 12.1 Å². The number of halogens is 1. The molecule has 1 aromatic heterocycles. The van der Waals surface area contributed by atoms with Gasteiger partial charge in [0, 0.05) is 31.7 Å². The van der Waals surface area contributed by atoms with E-state index in [1.54, 1.807) is 23.1 Å². The molecule has 2 aliphatic heterocycles. The summed E-state index contributed by atoms with van der Waals surface area (Å²) in [5, 5.41) is 0.0912. The van der Waals surface area contributed by atoms with Crippen LogP contribution in [0.1, 0.15) is 27.7 Å². The van der Waals surface area contributed by atoms with E-state index in [1.807, 2.05) is 0 Å². The van der Waals surface area contributed by atoms with Crippen molar-refractivity contribution in [1.82, 2.24) is 9.80 Å². The van der Waals surface area contributed by atoms with Crippen LogP contribution < -0.4 is 14.9 Å². The van der Waals surface area contributed by atoms with Gasteiger partial charge in [-0.05, 0) is 24.3 Å². The van der Waals surface area contributed by atoms with Crippen LogP contribution in [0, 0.1) is 5.82 Å². The molecular weight excluding hydrogens is 443 g/mol. The lowest BCUT2D eigenvalue weighted by atomic mass is 9.97. The Morgan fingerprint density at radius 3 is 2.59 bits per heavy atom. The lowest BCUT2D eigenvalue weighted by Crippen LogP contribution is -2.42. The molecule has 0 N–H and O–H groups in total. The van der Waals surface area contributed by atoms with Crippen LogP contribution in [0.4, 0.5) is 4.39 Å². The third kappa shape index (κ3) is 3.70. The molecular formula is C25H25FN2O6. The van der Waals surface area contributed by atoms with Gasteiger partial charge in [0.2, 0.25) is 5.76 Å². The molecule has 0 saturated carbocycles. The summed E-state index contributed by atoms with van der Waals surface area (Å²) < 4.78 is 36.4. The highest BCUT2D eigenvalue weighted by molar-refractivity contribution is 5.99. The van der Waals surface area contributed by atoms with E-state index in [1.165, 1.54) is 26.4 Å². The van der Waals surface area contributed by atoms with Crippen molar-refractivity contribution in [1.29, 1.82) is 0 Å². The van der Waals surface area contributed by atoms with Gasteiger partial charge in [0.05, 0.1) is 44.4 Å². The van der Waals surface area contributed by atoms with E-state index in [4.69, 9.17) is 18.6 Å². The Morgan fingerprint density at radius 2 is 1.85 bits per heavy atom. The van der Waals surface area contributed by atoms with Crippen LogP contribution in [0.25, 0.3) is 11.0 Å². The number of carbonyl (C=O) groups is 1. The normalized spacial score (nSPS) is 18.4. The molecule has 1 amide bonds. The second-order valence-corrected chi connectivity index (χ2v) is 8.25. The molecule has 0 radical (unpaired) electrons. The predicted molar refractivity (Wildman–Crippen MR) is 122 cm³/mol. The van der Waals surface area contributed by atoms with Gasteiger partial charge in [-0.2, -0.15) is 0 Å². The minimum Gasteiger partial charge on any atom is -0.493 e. The summed E-state index contributed by atoms with van der Waals surface area (Å²) in [5.74, 6) is -0.0674. The fourth-order valence-electron chi connectivity index (χ4n) is 4.75. The predicted octanol–water partition coefficient (Wildman–Crippen LogP) is 2.83. The van der Waals surface area contributed by atoms with Crippen molar-refractivity contribution in [3.63, 3.8) is 0 Å². The molecule has 2 aliphatic rings. The number of ether oxygens (including phenoxy) is 3. The first-order valence-corrected chi connectivity index (χ1v) is 11.1. The third-order valence-corrected chi connectivity index (χ3v) is 6.42. The van der Waals surface area contributed by atoms with Gasteiger partial charge in [0.15, 0.2) is 16.9 Å². The van der Waals surface area contributed by atoms with Gasteiger partial charge in [-0.3, -0.25) is 14.5 Å². The molecule has 8 nitrogen and oxygen atoms in total. The van der Waals surface area contributed by atoms with E-state index in [9.17, 15) is 14.0 Å². The van der Waals surface area contributed by atoms with Gasteiger partial charge in [0.25, 0.3) is 5.91 Å². The highest BCUT2D eigenvalue weighted by Gasteiger charge is 2.44. The van der Waals surface area contributed by atoms with Crippen molar-refractivity contribution in [2.45, 2.75) is 6.04 Å². The number of carbonyl (C=O) groups excluding carboxylic acids is 1. The van der Waals surface area contributed by atoms with Crippen LogP contribution in [-0.4, -0.2) is 69.3 Å². The number of hydrogen-bond donors (Lipinski definition) is 0. The molecule has 1 atom stereocenters. The number of morpholine rings is 1. The van der Waals surface area contributed by atoms with Crippen LogP contribution >= 0.6 is 0 Å². The first kappa shape index (κ1) is 22.4. The number of benzene rings is 2. The second-order valence-electron chi connectivity index (χ2n) is 8.25. The SMILES string of the molecule is COc1cccc([C@@H]2c3c(oc4ccc(F)cc4c3=O)C(=O)N2CCN2CCOCC2)c1OC. The molecule has 178 valence electrons. The Hall–Kier alpha value is -3.43. The molecule has 0 unspecified atom stereocenters. The summed E-state index contributed by atoms with van der Waals surface area (Å²) in [4.78, 5) is 31.0. The average molecular weight is 468 g/mol. The first-order chi connectivity index (χ1) is 16.5. The summed E-state index contributed by atoms with van der Waals surface area (Å²) >= 11 is 0. The van der Waals surface area contributed by atoms with Gasteiger partial charge >= 0.3 is 0 Å². The minimum absolute atomic E-state index is 0.0269. The van der Waals surface area contributed by atoms with Crippen LogP contribution in [-0.2, 0) is 4.74 Å². The lowest BCUT2D eigenvalue weighted by molar-refractivity contribution is 0.0314. The molecule has 34 heavy (non-hydrogen) atoms. The van der Waals surface area contributed by atoms with Crippen molar-refractivity contribution in [2.24, 2.45) is 0 Å². The number of hydrogen-bond acceptors (Lipinski definition) is 7. The average Bonchev–Trinajstić information content (AvgIpc) is 3.14. The molecule has 9 heteroatoms. The molecule has 3 aromatic rings. The van der Waals surface area contributed by atoms with Crippen molar-refractivity contribution in [3.8, 4) is 11.5 Å².